The Morgan fingerprint density at radius 3 is 2.53 bits per heavy atom. The van der Waals surface area contributed by atoms with Gasteiger partial charge in [-0.3, -0.25) is 4.79 Å². The summed E-state index contributed by atoms with van der Waals surface area (Å²) in [5.41, 5.74) is 0.898. The number of nitrogens with zero attached hydrogens (tertiary/aromatic N) is 1. The number of rotatable bonds is 4. The van der Waals surface area contributed by atoms with Gasteiger partial charge in [-0.25, -0.2) is 9.78 Å². The maximum absolute atomic E-state index is 11.9. The predicted octanol–water partition coefficient (Wildman–Crippen LogP) is 1.54. The largest absolute Gasteiger partial charge is 0.479 e. The van der Waals surface area contributed by atoms with Crippen LogP contribution in [0, 0.1) is 6.92 Å². The number of amides is 1. The molecule has 2 N–H and O–H groups in total. The predicted molar refractivity (Wildman–Crippen MR) is 65.5 cm³/mol. The first kappa shape index (κ1) is 12.8. The summed E-state index contributed by atoms with van der Waals surface area (Å²) in [6, 6.07) is 7.32. The van der Waals surface area contributed by atoms with Crippen molar-refractivity contribution in [2.24, 2.45) is 0 Å². The van der Waals surface area contributed by atoms with E-state index in [0.29, 0.717) is 11.3 Å². The molecular formula is C13H12N2O4. The first-order chi connectivity index (χ1) is 9.09. The Labute approximate surface area is 109 Å². The van der Waals surface area contributed by atoms with E-state index in [9.17, 15) is 14.7 Å². The van der Waals surface area contributed by atoms with Gasteiger partial charge in [0.05, 0.1) is 5.69 Å². The van der Waals surface area contributed by atoms with Crippen molar-refractivity contribution in [2.45, 2.75) is 13.0 Å². The second-order valence-corrected chi connectivity index (χ2v) is 3.92. The zero-order valence-electron chi connectivity index (χ0n) is 10.2. The molecule has 0 bridgehead atoms. The lowest BCUT2D eigenvalue weighted by molar-refractivity contribution is -0.139. The monoisotopic (exact) mass is 260 g/mol. The topological polar surface area (TPSA) is 92.4 Å². The van der Waals surface area contributed by atoms with E-state index in [1.165, 1.54) is 0 Å². The third-order valence-electron chi connectivity index (χ3n) is 2.61. The van der Waals surface area contributed by atoms with Gasteiger partial charge < -0.3 is 14.8 Å². The minimum Gasteiger partial charge on any atom is -0.479 e. The van der Waals surface area contributed by atoms with Crippen LogP contribution in [0.5, 0.6) is 0 Å². The van der Waals surface area contributed by atoms with Crippen LogP contribution in [0.4, 0.5) is 0 Å². The van der Waals surface area contributed by atoms with E-state index in [-0.39, 0.29) is 5.76 Å². The Hall–Kier alpha value is -2.63. The summed E-state index contributed by atoms with van der Waals surface area (Å²) in [6.07, 6.45) is 1.14. The summed E-state index contributed by atoms with van der Waals surface area (Å²) < 4.78 is 4.93. The summed E-state index contributed by atoms with van der Waals surface area (Å²) >= 11 is 0. The average molecular weight is 260 g/mol. The van der Waals surface area contributed by atoms with Crippen molar-refractivity contribution in [2.75, 3.05) is 0 Å². The molecular weight excluding hydrogens is 248 g/mol. The molecule has 1 unspecified atom stereocenters. The van der Waals surface area contributed by atoms with Crippen molar-refractivity contribution >= 4 is 11.9 Å². The van der Waals surface area contributed by atoms with Crippen LogP contribution in [0.3, 0.4) is 0 Å². The van der Waals surface area contributed by atoms with Gasteiger partial charge in [-0.15, -0.1) is 0 Å². The smallest absolute Gasteiger partial charge is 0.330 e. The molecule has 1 heterocycles. The molecule has 1 amide bonds. The minimum atomic E-state index is -1.14. The normalized spacial score (nSPS) is 11.8. The number of aryl methyl sites for hydroxylation is 1. The van der Waals surface area contributed by atoms with Crippen LogP contribution in [-0.2, 0) is 4.79 Å². The molecule has 6 nitrogen and oxygen atoms in total. The summed E-state index contributed by atoms with van der Waals surface area (Å²) in [5, 5.41) is 11.6. The number of carboxylic acid groups (broad SMARTS) is 1. The van der Waals surface area contributed by atoms with E-state index >= 15 is 0 Å². The van der Waals surface area contributed by atoms with Crippen molar-refractivity contribution in [3.63, 3.8) is 0 Å². The van der Waals surface area contributed by atoms with Crippen molar-refractivity contribution in [1.29, 1.82) is 0 Å². The molecule has 1 aromatic carbocycles. The lowest BCUT2D eigenvalue weighted by Crippen LogP contribution is -2.33. The van der Waals surface area contributed by atoms with Crippen LogP contribution in [0.25, 0.3) is 0 Å². The first-order valence-corrected chi connectivity index (χ1v) is 5.58. The summed E-state index contributed by atoms with van der Waals surface area (Å²) in [5.74, 6) is -1.73. The van der Waals surface area contributed by atoms with Crippen LogP contribution >= 0.6 is 0 Å². The Kier molecular flexibility index (Phi) is 3.61. The number of carboxylic acids is 1. The Balaban J connectivity index is 2.21. The first-order valence-electron chi connectivity index (χ1n) is 5.58. The molecule has 1 aromatic heterocycles. The molecule has 6 heteroatoms. The molecule has 1 atom stereocenters. The molecule has 98 valence electrons. The molecule has 0 saturated heterocycles. The lowest BCUT2D eigenvalue weighted by atomic mass is 10.1. The zero-order valence-corrected chi connectivity index (χ0v) is 10.2. The molecule has 0 fully saturated rings. The fourth-order valence-electron chi connectivity index (χ4n) is 1.65. The second-order valence-electron chi connectivity index (χ2n) is 3.92. The van der Waals surface area contributed by atoms with Gasteiger partial charge >= 0.3 is 5.97 Å². The van der Waals surface area contributed by atoms with Gasteiger partial charge in [0.2, 0.25) is 5.76 Å². The summed E-state index contributed by atoms with van der Waals surface area (Å²) in [7, 11) is 0. The van der Waals surface area contributed by atoms with E-state index in [1.807, 2.05) is 0 Å². The number of nitrogens with one attached hydrogen (secondary N) is 1. The fourth-order valence-corrected chi connectivity index (χ4v) is 1.65. The molecule has 0 radical (unpaired) electrons. The number of aromatic nitrogens is 1. The molecule has 0 spiro atoms. The van der Waals surface area contributed by atoms with Crippen molar-refractivity contribution < 1.29 is 19.1 Å². The maximum atomic E-state index is 11.9. The molecule has 19 heavy (non-hydrogen) atoms. The highest BCUT2D eigenvalue weighted by Crippen LogP contribution is 2.14. The van der Waals surface area contributed by atoms with E-state index < -0.39 is 17.9 Å². The van der Waals surface area contributed by atoms with E-state index in [4.69, 9.17) is 4.42 Å². The van der Waals surface area contributed by atoms with Gasteiger partial charge in [0.25, 0.3) is 5.91 Å². The summed E-state index contributed by atoms with van der Waals surface area (Å²) in [4.78, 5) is 26.9. The molecule has 0 aliphatic heterocycles. The fraction of sp³-hybridized carbons (Fsp3) is 0.154. The minimum absolute atomic E-state index is 0.0159. The molecule has 2 rings (SSSR count). The van der Waals surface area contributed by atoms with Gasteiger partial charge in [0.15, 0.2) is 12.4 Å². The SMILES string of the molecule is Cc1ncoc1C(=O)NC(C(=O)O)c1ccccc1. The number of benzene rings is 1. The van der Waals surface area contributed by atoms with Gasteiger partial charge in [-0.1, -0.05) is 30.3 Å². The van der Waals surface area contributed by atoms with Crippen molar-refractivity contribution in [3.05, 3.63) is 53.7 Å². The second kappa shape index (κ2) is 5.34. The Bertz CT molecular complexity index is 592. The number of carbonyl (C=O) groups is 2. The van der Waals surface area contributed by atoms with E-state index in [1.54, 1.807) is 37.3 Å². The lowest BCUT2D eigenvalue weighted by Gasteiger charge is -2.13. The van der Waals surface area contributed by atoms with E-state index in [2.05, 4.69) is 10.3 Å². The average Bonchev–Trinajstić information content (AvgIpc) is 2.82. The number of aliphatic carboxylic acids is 1. The Morgan fingerprint density at radius 1 is 1.32 bits per heavy atom. The number of oxazole rings is 1. The number of hydrogen-bond acceptors (Lipinski definition) is 4. The molecule has 0 saturated carbocycles. The van der Waals surface area contributed by atoms with Crippen molar-refractivity contribution in [1.82, 2.24) is 10.3 Å². The molecule has 0 aliphatic carbocycles. The zero-order chi connectivity index (χ0) is 13.8. The third-order valence-corrected chi connectivity index (χ3v) is 2.61. The number of hydrogen-bond donors (Lipinski definition) is 2. The molecule has 2 aromatic rings. The maximum Gasteiger partial charge on any atom is 0.330 e. The summed E-state index contributed by atoms with van der Waals surface area (Å²) in [6.45, 7) is 1.61. The number of carbonyl (C=O) groups excluding carboxylic acids is 1. The highest BCUT2D eigenvalue weighted by atomic mass is 16.4. The van der Waals surface area contributed by atoms with Crippen LogP contribution < -0.4 is 5.32 Å². The molecule has 0 aliphatic rings. The van der Waals surface area contributed by atoms with E-state index in [0.717, 1.165) is 6.39 Å². The highest BCUT2D eigenvalue weighted by Gasteiger charge is 2.24. The van der Waals surface area contributed by atoms with Crippen LogP contribution in [-0.4, -0.2) is 22.0 Å². The third kappa shape index (κ3) is 2.79. The van der Waals surface area contributed by atoms with Gasteiger partial charge in [-0.2, -0.15) is 0 Å². The van der Waals surface area contributed by atoms with Crippen molar-refractivity contribution in [3.8, 4) is 0 Å². The van der Waals surface area contributed by atoms with Crippen LogP contribution in [0.2, 0.25) is 0 Å². The highest BCUT2D eigenvalue weighted by molar-refractivity contribution is 5.95. The van der Waals surface area contributed by atoms with Gasteiger partial charge in [0.1, 0.15) is 0 Å². The van der Waals surface area contributed by atoms with Gasteiger partial charge in [0, 0.05) is 0 Å². The Morgan fingerprint density at radius 2 is 2.00 bits per heavy atom. The standard InChI is InChI=1S/C13H12N2O4/c1-8-11(19-7-14-8)12(16)15-10(13(17)18)9-5-3-2-4-6-9/h2-7,10H,1H3,(H,15,16)(H,17,18). The van der Waals surface area contributed by atoms with Crippen LogP contribution in [0.1, 0.15) is 27.9 Å². The van der Waals surface area contributed by atoms with Gasteiger partial charge in [-0.05, 0) is 12.5 Å². The van der Waals surface area contributed by atoms with Crippen LogP contribution in [0.15, 0.2) is 41.1 Å². The quantitative estimate of drug-likeness (QED) is 0.869.